The number of benzene rings is 1. The molecule has 3 aromatic rings. The average molecular weight is 326 g/mol. The second kappa shape index (κ2) is 5.27. The summed E-state index contributed by atoms with van der Waals surface area (Å²) in [7, 11) is 0. The summed E-state index contributed by atoms with van der Waals surface area (Å²) in [4.78, 5) is 31.6. The van der Waals surface area contributed by atoms with E-state index in [1.807, 2.05) is 12.1 Å². The van der Waals surface area contributed by atoms with Gasteiger partial charge in [0, 0.05) is 5.69 Å². The molecule has 4 rings (SSSR count). The summed E-state index contributed by atoms with van der Waals surface area (Å²) in [6, 6.07) is 6.00. The Balaban J connectivity index is 1.68. The number of aromatic nitrogens is 3. The Morgan fingerprint density at radius 2 is 2.09 bits per heavy atom. The van der Waals surface area contributed by atoms with Crippen LogP contribution in [0.5, 0.6) is 0 Å². The van der Waals surface area contributed by atoms with Gasteiger partial charge in [0.05, 0.1) is 0 Å². The van der Waals surface area contributed by atoms with Gasteiger partial charge in [0.2, 0.25) is 0 Å². The summed E-state index contributed by atoms with van der Waals surface area (Å²) in [5.74, 6) is 0.183. The van der Waals surface area contributed by atoms with Crippen LogP contribution in [0.2, 0.25) is 0 Å². The summed E-state index contributed by atoms with van der Waals surface area (Å²) in [5, 5.41) is 2.88. The van der Waals surface area contributed by atoms with Crippen LogP contribution < -0.4 is 10.9 Å². The van der Waals surface area contributed by atoms with Crippen LogP contribution in [0.15, 0.2) is 23.0 Å². The molecule has 23 heavy (non-hydrogen) atoms. The first kappa shape index (κ1) is 14.1. The molecule has 2 aromatic heterocycles. The maximum absolute atomic E-state index is 12.5. The van der Waals surface area contributed by atoms with E-state index in [1.165, 1.54) is 11.1 Å². The first-order valence-corrected chi connectivity index (χ1v) is 8.18. The van der Waals surface area contributed by atoms with Gasteiger partial charge in [-0.25, -0.2) is 4.98 Å². The highest BCUT2D eigenvalue weighted by Crippen LogP contribution is 2.26. The maximum atomic E-state index is 12.5. The predicted octanol–water partition coefficient (Wildman–Crippen LogP) is 2.43. The smallest absolute Gasteiger partial charge is 0.278 e. The Kier molecular flexibility index (Phi) is 3.23. The van der Waals surface area contributed by atoms with Crippen molar-refractivity contribution in [1.29, 1.82) is 0 Å². The van der Waals surface area contributed by atoms with Gasteiger partial charge in [-0.3, -0.25) is 9.59 Å². The minimum Gasteiger partial charge on any atom is -0.321 e. The molecule has 0 spiro atoms. The zero-order chi connectivity index (χ0) is 16.0. The van der Waals surface area contributed by atoms with Crippen molar-refractivity contribution in [3.05, 3.63) is 50.4 Å². The number of aromatic amines is 1. The number of fused-ring (bicyclic) bond motifs is 2. The lowest BCUT2D eigenvalue weighted by Gasteiger charge is -2.06. The van der Waals surface area contributed by atoms with E-state index in [0.717, 1.165) is 36.5 Å². The molecule has 1 aromatic carbocycles. The number of carbonyl (C=O) groups is 1. The third-order valence-corrected chi connectivity index (χ3v) is 4.85. The molecule has 2 heterocycles. The second-order valence-corrected chi connectivity index (χ2v) is 6.42. The number of aryl methyl sites for hydroxylation is 3. The summed E-state index contributed by atoms with van der Waals surface area (Å²) >= 11 is 0.994. The van der Waals surface area contributed by atoms with Crippen molar-refractivity contribution in [2.45, 2.75) is 26.2 Å². The molecule has 1 aliphatic rings. The minimum absolute atomic E-state index is 0.208. The van der Waals surface area contributed by atoms with Crippen LogP contribution >= 0.6 is 11.5 Å². The van der Waals surface area contributed by atoms with E-state index in [4.69, 9.17) is 0 Å². The van der Waals surface area contributed by atoms with Crippen LogP contribution in [0, 0.1) is 6.92 Å². The van der Waals surface area contributed by atoms with E-state index >= 15 is 0 Å². The van der Waals surface area contributed by atoms with Crippen LogP contribution in [-0.4, -0.2) is 20.2 Å². The Hall–Kier alpha value is -2.54. The van der Waals surface area contributed by atoms with Crippen LogP contribution in [-0.2, 0) is 12.8 Å². The molecule has 2 N–H and O–H groups in total. The highest BCUT2D eigenvalue weighted by molar-refractivity contribution is 7.09. The number of nitrogens with zero attached hydrogens (tertiary/aromatic N) is 2. The van der Waals surface area contributed by atoms with Gasteiger partial charge in [-0.05, 0) is 61.0 Å². The molecular formula is C16H14N4O2S. The Bertz CT molecular complexity index is 989. The largest absolute Gasteiger partial charge is 0.321 e. The summed E-state index contributed by atoms with van der Waals surface area (Å²) in [5.41, 5.74) is 3.66. The highest BCUT2D eigenvalue weighted by Gasteiger charge is 2.19. The number of hydrogen-bond donors (Lipinski definition) is 2. The van der Waals surface area contributed by atoms with Crippen molar-refractivity contribution in [2.24, 2.45) is 0 Å². The molecule has 6 nitrogen and oxygen atoms in total. The number of anilines is 1. The van der Waals surface area contributed by atoms with Crippen molar-refractivity contribution < 1.29 is 4.79 Å². The van der Waals surface area contributed by atoms with Gasteiger partial charge in [0.25, 0.3) is 11.5 Å². The van der Waals surface area contributed by atoms with Gasteiger partial charge in [-0.15, -0.1) is 0 Å². The highest BCUT2D eigenvalue weighted by atomic mass is 32.1. The molecule has 1 aliphatic carbocycles. The normalized spacial score (nSPS) is 13.3. The standard InChI is InChI=1S/C16H14N4O2S/c1-8-17-12-13(15(21)18-8)20-23-14(12)16(22)19-11-6-5-9-3-2-4-10(9)7-11/h5-7H,2-4H2,1H3,(H,19,22)(H,17,18,21). The van der Waals surface area contributed by atoms with Gasteiger partial charge in [0.1, 0.15) is 16.2 Å². The zero-order valence-corrected chi connectivity index (χ0v) is 13.3. The number of nitrogens with one attached hydrogen (secondary N) is 2. The fraction of sp³-hybridized carbons (Fsp3) is 0.250. The SMILES string of the molecule is Cc1nc2c(C(=O)Nc3ccc4c(c3)CCC4)snc2c(=O)[nH]1. The number of carbonyl (C=O) groups excluding carboxylic acids is 1. The molecule has 1 amide bonds. The van der Waals surface area contributed by atoms with Crippen molar-refractivity contribution in [3.8, 4) is 0 Å². The van der Waals surface area contributed by atoms with Crippen molar-refractivity contribution in [1.82, 2.24) is 14.3 Å². The van der Waals surface area contributed by atoms with Gasteiger partial charge < -0.3 is 10.3 Å². The third-order valence-electron chi connectivity index (χ3n) is 4.02. The number of amides is 1. The first-order valence-electron chi connectivity index (χ1n) is 7.41. The van der Waals surface area contributed by atoms with Gasteiger partial charge >= 0.3 is 0 Å². The van der Waals surface area contributed by atoms with Gasteiger partial charge in [-0.2, -0.15) is 4.37 Å². The molecule has 0 radical (unpaired) electrons. The molecule has 0 atom stereocenters. The lowest BCUT2D eigenvalue weighted by Crippen LogP contribution is -2.13. The van der Waals surface area contributed by atoms with E-state index in [0.29, 0.717) is 16.2 Å². The Morgan fingerprint density at radius 1 is 1.26 bits per heavy atom. The van der Waals surface area contributed by atoms with E-state index in [9.17, 15) is 9.59 Å². The number of H-pyrrole nitrogens is 1. The fourth-order valence-corrected chi connectivity index (χ4v) is 3.66. The van der Waals surface area contributed by atoms with Crippen molar-refractivity contribution >= 4 is 34.2 Å². The third kappa shape index (κ3) is 2.43. The van der Waals surface area contributed by atoms with E-state index < -0.39 is 0 Å². The monoisotopic (exact) mass is 326 g/mol. The molecule has 0 aliphatic heterocycles. The van der Waals surface area contributed by atoms with Gasteiger partial charge in [0.15, 0.2) is 5.52 Å². The van der Waals surface area contributed by atoms with Crippen LogP contribution in [0.4, 0.5) is 5.69 Å². The Morgan fingerprint density at radius 3 is 2.96 bits per heavy atom. The quantitative estimate of drug-likeness (QED) is 0.757. The molecule has 7 heteroatoms. The maximum Gasteiger partial charge on any atom is 0.278 e. The minimum atomic E-state index is -0.319. The summed E-state index contributed by atoms with van der Waals surface area (Å²) < 4.78 is 4.05. The van der Waals surface area contributed by atoms with Crippen LogP contribution in [0.1, 0.15) is 33.0 Å². The van der Waals surface area contributed by atoms with Crippen molar-refractivity contribution in [3.63, 3.8) is 0 Å². The summed E-state index contributed by atoms with van der Waals surface area (Å²) in [6.07, 6.45) is 3.33. The number of hydrogen-bond acceptors (Lipinski definition) is 5. The van der Waals surface area contributed by atoms with Gasteiger partial charge in [-0.1, -0.05) is 6.07 Å². The lowest BCUT2D eigenvalue weighted by molar-refractivity contribution is 0.103. The predicted molar refractivity (Wildman–Crippen MR) is 89.2 cm³/mol. The van der Waals surface area contributed by atoms with E-state index in [1.54, 1.807) is 6.92 Å². The molecule has 0 saturated heterocycles. The molecular weight excluding hydrogens is 312 g/mol. The first-order chi connectivity index (χ1) is 11.1. The fourth-order valence-electron chi connectivity index (χ4n) is 2.94. The number of rotatable bonds is 2. The van der Waals surface area contributed by atoms with E-state index in [-0.39, 0.29) is 17.0 Å². The average Bonchev–Trinajstić information content (AvgIpc) is 3.12. The molecule has 0 saturated carbocycles. The van der Waals surface area contributed by atoms with Crippen LogP contribution in [0.25, 0.3) is 11.0 Å². The van der Waals surface area contributed by atoms with Crippen molar-refractivity contribution in [2.75, 3.05) is 5.32 Å². The zero-order valence-electron chi connectivity index (χ0n) is 12.5. The van der Waals surface area contributed by atoms with Crippen LogP contribution in [0.3, 0.4) is 0 Å². The second-order valence-electron chi connectivity index (χ2n) is 5.65. The molecule has 116 valence electrons. The molecule has 0 fully saturated rings. The summed E-state index contributed by atoms with van der Waals surface area (Å²) in [6.45, 7) is 1.68. The Labute approximate surface area is 135 Å². The molecule has 0 bridgehead atoms. The lowest BCUT2D eigenvalue weighted by atomic mass is 10.1. The topological polar surface area (TPSA) is 87.7 Å². The molecule has 0 unspecified atom stereocenters. The van der Waals surface area contributed by atoms with E-state index in [2.05, 4.69) is 25.7 Å².